The number of hydrogen-bond acceptors (Lipinski definition) is 4. The standard InChI is InChI=1S/C14H16FN3OS/c15-9-3-1-4-10-11(9)12(16)13(20-10)14(19)18-7-2-5-17-6-8-18/h1,3-4,17H,2,5-8,16H2. The second-order valence-electron chi connectivity index (χ2n) is 4.85. The lowest BCUT2D eigenvalue weighted by molar-refractivity contribution is 0.0772. The molecule has 106 valence electrons. The number of carbonyl (C=O) groups excluding carboxylic acids is 1. The minimum absolute atomic E-state index is 0.0909. The first-order chi connectivity index (χ1) is 9.68. The van der Waals surface area contributed by atoms with Crippen molar-refractivity contribution in [3.63, 3.8) is 0 Å². The Kier molecular flexibility index (Phi) is 3.58. The van der Waals surface area contributed by atoms with Crippen LogP contribution in [0.3, 0.4) is 0 Å². The largest absolute Gasteiger partial charge is 0.397 e. The smallest absolute Gasteiger partial charge is 0.266 e. The van der Waals surface area contributed by atoms with Crippen molar-refractivity contribution in [1.29, 1.82) is 0 Å². The molecule has 6 heteroatoms. The van der Waals surface area contributed by atoms with Gasteiger partial charge in [-0.25, -0.2) is 4.39 Å². The van der Waals surface area contributed by atoms with E-state index >= 15 is 0 Å². The topological polar surface area (TPSA) is 58.4 Å². The summed E-state index contributed by atoms with van der Waals surface area (Å²) in [4.78, 5) is 14.8. The summed E-state index contributed by atoms with van der Waals surface area (Å²) < 4.78 is 14.5. The molecule has 0 unspecified atom stereocenters. The number of nitrogen functional groups attached to an aromatic ring is 1. The molecule has 0 bridgehead atoms. The number of thiophene rings is 1. The molecule has 2 aromatic rings. The molecule has 4 nitrogen and oxygen atoms in total. The highest BCUT2D eigenvalue weighted by molar-refractivity contribution is 7.21. The molecule has 1 aromatic heterocycles. The van der Waals surface area contributed by atoms with Crippen molar-refractivity contribution < 1.29 is 9.18 Å². The molecule has 0 atom stereocenters. The van der Waals surface area contributed by atoms with E-state index in [1.54, 1.807) is 17.0 Å². The van der Waals surface area contributed by atoms with Gasteiger partial charge < -0.3 is 16.0 Å². The number of nitrogens with one attached hydrogen (secondary N) is 1. The van der Waals surface area contributed by atoms with Gasteiger partial charge in [0.05, 0.1) is 11.1 Å². The van der Waals surface area contributed by atoms with Crippen LogP contribution in [-0.4, -0.2) is 37.0 Å². The Morgan fingerprint density at radius 1 is 1.35 bits per heavy atom. The first kappa shape index (κ1) is 13.3. The van der Waals surface area contributed by atoms with Gasteiger partial charge in [0.2, 0.25) is 0 Å². The molecule has 3 rings (SSSR count). The lowest BCUT2D eigenvalue weighted by atomic mass is 10.2. The molecule has 0 saturated carbocycles. The quantitative estimate of drug-likeness (QED) is 0.846. The maximum absolute atomic E-state index is 13.8. The maximum atomic E-state index is 13.8. The molecule has 0 aliphatic carbocycles. The van der Waals surface area contributed by atoms with Crippen LogP contribution < -0.4 is 11.1 Å². The van der Waals surface area contributed by atoms with Gasteiger partial charge in [0.25, 0.3) is 5.91 Å². The third-order valence-corrected chi connectivity index (χ3v) is 4.68. The monoisotopic (exact) mass is 293 g/mol. The van der Waals surface area contributed by atoms with E-state index in [2.05, 4.69) is 5.32 Å². The molecular formula is C14H16FN3OS. The fourth-order valence-electron chi connectivity index (χ4n) is 2.48. The molecule has 3 N–H and O–H groups in total. The Bertz CT molecular complexity index is 647. The number of halogens is 1. The second-order valence-corrected chi connectivity index (χ2v) is 5.91. The van der Waals surface area contributed by atoms with Gasteiger partial charge in [-0.1, -0.05) is 6.07 Å². The summed E-state index contributed by atoms with van der Waals surface area (Å²) in [6.07, 6.45) is 0.922. The highest BCUT2D eigenvalue weighted by atomic mass is 32.1. The molecule has 0 radical (unpaired) electrons. The molecule has 1 aliphatic rings. The first-order valence-electron chi connectivity index (χ1n) is 6.65. The normalized spacial score (nSPS) is 16.4. The van der Waals surface area contributed by atoms with Gasteiger partial charge in [-0.05, 0) is 25.1 Å². The first-order valence-corrected chi connectivity index (χ1v) is 7.46. The zero-order valence-corrected chi connectivity index (χ0v) is 11.8. The SMILES string of the molecule is Nc1c(C(=O)N2CCCNCC2)sc2cccc(F)c12. The number of nitrogens with two attached hydrogens (primary N) is 1. The second kappa shape index (κ2) is 5.38. The lowest BCUT2D eigenvalue weighted by Gasteiger charge is -2.19. The third-order valence-electron chi connectivity index (χ3n) is 3.52. The molecule has 1 fully saturated rings. The third kappa shape index (κ3) is 2.25. The van der Waals surface area contributed by atoms with Crippen molar-refractivity contribution in [2.45, 2.75) is 6.42 Å². The van der Waals surface area contributed by atoms with Crippen molar-refractivity contribution in [1.82, 2.24) is 10.2 Å². The summed E-state index contributed by atoms with van der Waals surface area (Å²) in [6, 6.07) is 4.80. The Labute approximate surface area is 120 Å². The number of anilines is 1. The van der Waals surface area contributed by atoms with Crippen molar-refractivity contribution >= 4 is 33.0 Å². The van der Waals surface area contributed by atoms with Crippen LogP contribution in [-0.2, 0) is 0 Å². The summed E-state index contributed by atoms with van der Waals surface area (Å²) in [7, 11) is 0. The highest BCUT2D eigenvalue weighted by Gasteiger charge is 2.23. The van der Waals surface area contributed by atoms with E-state index in [1.807, 2.05) is 0 Å². The lowest BCUT2D eigenvalue weighted by Crippen LogP contribution is -2.34. The average Bonchev–Trinajstić information content (AvgIpc) is 2.65. The molecule has 1 aromatic carbocycles. The van der Waals surface area contributed by atoms with Crippen molar-refractivity contribution in [2.75, 3.05) is 31.9 Å². The number of carbonyl (C=O) groups is 1. The molecule has 2 heterocycles. The van der Waals surface area contributed by atoms with Gasteiger partial charge >= 0.3 is 0 Å². The minimum Gasteiger partial charge on any atom is -0.397 e. The summed E-state index contributed by atoms with van der Waals surface area (Å²) in [5.41, 5.74) is 6.26. The van der Waals surface area contributed by atoms with Crippen molar-refractivity contribution in [3.05, 3.63) is 28.9 Å². The molecular weight excluding hydrogens is 277 g/mol. The van der Waals surface area contributed by atoms with E-state index in [9.17, 15) is 9.18 Å². The van der Waals surface area contributed by atoms with Crippen LogP contribution in [0.1, 0.15) is 16.1 Å². The molecule has 1 saturated heterocycles. The van der Waals surface area contributed by atoms with E-state index in [4.69, 9.17) is 5.73 Å². The molecule has 20 heavy (non-hydrogen) atoms. The van der Waals surface area contributed by atoms with Gasteiger partial charge in [0, 0.05) is 24.3 Å². The van der Waals surface area contributed by atoms with E-state index in [0.717, 1.165) is 24.2 Å². The van der Waals surface area contributed by atoms with Gasteiger partial charge in [0.1, 0.15) is 10.7 Å². The number of fused-ring (bicyclic) bond motifs is 1. The van der Waals surface area contributed by atoms with Crippen molar-refractivity contribution in [3.8, 4) is 0 Å². The minimum atomic E-state index is -0.368. The Balaban J connectivity index is 1.99. The summed E-state index contributed by atoms with van der Waals surface area (Å²) >= 11 is 1.27. The fraction of sp³-hybridized carbons (Fsp3) is 0.357. The number of benzene rings is 1. The van der Waals surface area contributed by atoms with Crippen LogP contribution in [0.5, 0.6) is 0 Å². The number of rotatable bonds is 1. The maximum Gasteiger partial charge on any atom is 0.266 e. The fourth-order valence-corrected chi connectivity index (χ4v) is 3.59. The van der Waals surface area contributed by atoms with E-state index < -0.39 is 0 Å². The van der Waals surface area contributed by atoms with Crippen molar-refractivity contribution in [2.24, 2.45) is 0 Å². The van der Waals surface area contributed by atoms with E-state index in [-0.39, 0.29) is 17.4 Å². The number of amides is 1. The zero-order chi connectivity index (χ0) is 14.1. The van der Waals surface area contributed by atoms with Gasteiger partial charge in [0.15, 0.2) is 0 Å². The number of nitrogens with zero attached hydrogens (tertiary/aromatic N) is 1. The van der Waals surface area contributed by atoms with Gasteiger partial charge in [-0.15, -0.1) is 11.3 Å². The molecule has 1 amide bonds. The summed E-state index contributed by atoms with van der Waals surface area (Å²) in [6.45, 7) is 3.07. The average molecular weight is 293 g/mol. The Morgan fingerprint density at radius 3 is 3.00 bits per heavy atom. The van der Waals surface area contributed by atoms with Crippen LogP contribution in [0.4, 0.5) is 10.1 Å². The van der Waals surface area contributed by atoms with Crippen LogP contribution in [0.2, 0.25) is 0 Å². The molecule has 0 spiro atoms. The predicted molar refractivity (Wildman–Crippen MR) is 79.6 cm³/mol. The predicted octanol–water partition coefficient (Wildman–Crippen LogP) is 2.06. The van der Waals surface area contributed by atoms with Gasteiger partial charge in [-0.3, -0.25) is 4.79 Å². The molecule has 1 aliphatic heterocycles. The summed E-state index contributed by atoms with van der Waals surface area (Å²) in [5.74, 6) is -0.459. The Morgan fingerprint density at radius 2 is 2.20 bits per heavy atom. The zero-order valence-electron chi connectivity index (χ0n) is 11.0. The highest BCUT2D eigenvalue weighted by Crippen LogP contribution is 2.36. The van der Waals surface area contributed by atoms with Gasteiger partial charge in [-0.2, -0.15) is 0 Å². The Hall–Kier alpha value is -1.66. The summed E-state index contributed by atoms with van der Waals surface area (Å²) in [5, 5.41) is 3.62. The van der Waals surface area contributed by atoms with Crippen LogP contribution in [0.15, 0.2) is 18.2 Å². The van der Waals surface area contributed by atoms with Crippen LogP contribution in [0, 0.1) is 5.82 Å². The van der Waals surface area contributed by atoms with Crippen LogP contribution in [0.25, 0.3) is 10.1 Å². The van der Waals surface area contributed by atoms with E-state index in [1.165, 1.54) is 17.4 Å². The number of hydrogen-bond donors (Lipinski definition) is 2. The van der Waals surface area contributed by atoms with E-state index in [0.29, 0.717) is 23.4 Å². The van der Waals surface area contributed by atoms with Crippen LogP contribution >= 0.6 is 11.3 Å².